The highest BCUT2D eigenvalue weighted by Gasteiger charge is 2.32. The number of fused-ring (bicyclic) bond motifs is 1. The molecule has 0 amide bonds. The Kier molecular flexibility index (Phi) is 4.49. The van der Waals surface area contributed by atoms with Crippen molar-refractivity contribution >= 4 is 15.9 Å². The molecule has 1 aliphatic heterocycles. The van der Waals surface area contributed by atoms with E-state index in [0.717, 1.165) is 22.4 Å². The molecule has 2 aliphatic rings. The van der Waals surface area contributed by atoms with Crippen LogP contribution in [-0.4, -0.2) is 37.0 Å². The molecule has 27 heavy (non-hydrogen) atoms. The third-order valence-corrected chi connectivity index (χ3v) is 6.76. The van der Waals surface area contributed by atoms with Crippen LogP contribution in [-0.2, 0) is 16.6 Å². The topological polar surface area (TPSA) is 118 Å². The number of aliphatic imine (C=N–C) groups is 1. The number of aromatic nitrogens is 1. The van der Waals surface area contributed by atoms with E-state index < -0.39 is 10.0 Å². The van der Waals surface area contributed by atoms with Gasteiger partial charge < -0.3 is 10.8 Å². The molecule has 0 atom stereocenters. The van der Waals surface area contributed by atoms with E-state index in [9.17, 15) is 8.42 Å². The fraction of sp³-hybridized carbons (Fsp3) is 0.368. The fourth-order valence-electron chi connectivity index (χ4n) is 3.59. The first-order valence-electron chi connectivity index (χ1n) is 8.92. The first kappa shape index (κ1) is 18.1. The van der Waals surface area contributed by atoms with Crippen LogP contribution >= 0.6 is 0 Å². The van der Waals surface area contributed by atoms with Gasteiger partial charge in [-0.3, -0.25) is 4.99 Å². The van der Waals surface area contributed by atoms with Crippen LogP contribution in [0.4, 0.5) is 0 Å². The monoisotopic (exact) mass is 386 g/mol. The smallest absolute Gasteiger partial charge is 0.240 e. The quantitative estimate of drug-likeness (QED) is 0.716. The van der Waals surface area contributed by atoms with Crippen LogP contribution in [0.2, 0.25) is 0 Å². The van der Waals surface area contributed by atoms with Crippen molar-refractivity contribution in [3.8, 4) is 11.3 Å². The van der Waals surface area contributed by atoms with Crippen LogP contribution in [0.1, 0.15) is 29.7 Å². The van der Waals surface area contributed by atoms with Crippen LogP contribution in [0.5, 0.6) is 0 Å². The number of amidine groups is 1. The van der Waals surface area contributed by atoms with E-state index in [-0.39, 0.29) is 23.5 Å². The molecule has 0 saturated heterocycles. The predicted octanol–water partition coefficient (Wildman–Crippen LogP) is 1.33. The Morgan fingerprint density at radius 1 is 1.26 bits per heavy atom. The largest absolute Gasteiger partial charge is 0.396 e. The highest BCUT2D eigenvalue weighted by Crippen LogP contribution is 2.30. The van der Waals surface area contributed by atoms with Crippen molar-refractivity contribution in [3.05, 3.63) is 47.2 Å². The minimum Gasteiger partial charge on any atom is -0.396 e. The number of aliphatic hydroxyl groups is 1. The van der Waals surface area contributed by atoms with Gasteiger partial charge in [0.25, 0.3) is 0 Å². The van der Waals surface area contributed by atoms with Gasteiger partial charge in [0.15, 0.2) is 0 Å². The third kappa shape index (κ3) is 3.36. The number of hydrogen-bond acceptors (Lipinski definition) is 6. The number of pyridine rings is 1. The first-order valence-corrected chi connectivity index (χ1v) is 10.4. The van der Waals surface area contributed by atoms with E-state index in [2.05, 4.69) is 14.7 Å². The molecule has 1 saturated carbocycles. The lowest BCUT2D eigenvalue weighted by molar-refractivity contribution is 0.137. The fourth-order valence-corrected chi connectivity index (χ4v) is 4.94. The zero-order valence-corrected chi connectivity index (χ0v) is 15.8. The van der Waals surface area contributed by atoms with Gasteiger partial charge in [-0.15, -0.1) is 0 Å². The lowest BCUT2D eigenvalue weighted by Crippen LogP contribution is -2.45. The second kappa shape index (κ2) is 6.70. The maximum Gasteiger partial charge on any atom is 0.240 e. The number of hydrogen-bond donors (Lipinski definition) is 3. The molecule has 4 N–H and O–H groups in total. The van der Waals surface area contributed by atoms with Crippen molar-refractivity contribution in [3.63, 3.8) is 0 Å². The van der Waals surface area contributed by atoms with E-state index in [4.69, 9.17) is 10.8 Å². The summed E-state index contributed by atoms with van der Waals surface area (Å²) in [6.45, 7) is 2.52. The van der Waals surface area contributed by atoms with Crippen LogP contribution in [0.25, 0.3) is 11.3 Å². The number of aliphatic hydroxyl groups excluding tert-OH is 1. The molecule has 7 nitrogen and oxygen atoms in total. The van der Waals surface area contributed by atoms with Crippen molar-refractivity contribution in [2.45, 2.75) is 37.2 Å². The zero-order valence-electron chi connectivity index (χ0n) is 15.0. The Bertz CT molecular complexity index is 1030. The molecule has 0 radical (unpaired) electrons. The summed E-state index contributed by atoms with van der Waals surface area (Å²) in [5.41, 5.74) is 10.0. The van der Waals surface area contributed by atoms with Gasteiger partial charge in [0.1, 0.15) is 11.5 Å². The van der Waals surface area contributed by atoms with Crippen LogP contribution < -0.4 is 10.5 Å². The van der Waals surface area contributed by atoms with Crippen molar-refractivity contribution in [2.75, 3.05) is 6.61 Å². The van der Waals surface area contributed by atoms with Crippen molar-refractivity contribution in [2.24, 2.45) is 16.6 Å². The summed E-state index contributed by atoms with van der Waals surface area (Å²) in [6.07, 6.45) is 1.35. The molecular weight excluding hydrogens is 364 g/mol. The molecule has 1 fully saturated rings. The van der Waals surface area contributed by atoms with Gasteiger partial charge in [0.05, 0.1) is 17.1 Å². The summed E-state index contributed by atoms with van der Waals surface area (Å²) in [7, 11) is -3.58. The highest BCUT2D eigenvalue weighted by atomic mass is 32.2. The van der Waals surface area contributed by atoms with E-state index in [1.807, 2.05) is 19.1 Å². The molecule has 8 heteroatoms. The van der Waals surface area contributed by atoms with Gasteiger partial charge in [-0.1, -0.05) is 12.1 Å². The number of rotatable bonds is 5. The van der Waals surface area contributed by atoms with Crippen LogP contribution in [0, 0.1) is 12.8 Å². The Morgan fingerprint density at radius 3 is 2.74 bits per heavy atom. The normalized spacial score (nSPS) is 21.5. The molecule has 1 aromatic carbocycles. The molecule has 1 aromatic heterocycles. The van der Waals surface area contributed by atoms with E-state index in [0.29, 0.717) is 30.9 Å². The van der Waals surface area contributed by atoms with Crippen molar-refractivity contribution in [1.29, 1.82) is 0 Å². The molecule has 0 spiro atoms. The van der Waals surface area contributed by atoms with Crippen molar-refractivity contribution in [1.82, 2.24) is 9.71 Å². The minimum atomic E-state index is -3.58. The SMILES string of the molecule is Cc1cc(S(=O)(=O)NC2CC(CO)C2)ccc1-c1ccc2c(n1)C(N)=NC2. The van der Waals surface area contributed by atoms with Gasteiger partial charge >= 0.3 is 0 Å². The van der Waals surface area contributed by atoms with Gasteiger partial charge in [-0.25, -0.2) is 18.1 Å². The Balaban J connectivity index is 1.58. The van der Waals surface area contributed by atoms with Crippen molar-refractivity contribution < 1.29 is 13.5 Å². The molecule has 0 bridgehead atoms. The summed E-state index contributed by atoms with van der Waals surface area (Å²) in [5.74, 6) is 0.637. The summed E-state index contributed by atoms with van der Waals surface area (Å²) in [4.78, 5) is 9.02. The van der Waals surface area contributed by atoms with Gasteiger partial charge in [0.2, 0.25) is 10.0 Å². The number of aryl methyl sites for hydroxylation is 1. The average Bonchev–Trinajstić information content (AvgIpc) is 2.98. The predicted molar refractivity (Wildman–Crippen MR) is 103 cm³/mol. The summed E-state index contributed by atoms with van der Waals surface area (Å²) in [5, 5.41) is 9.07. The lowest BCUT2D eigenvalue weighted by atomic mass is 9.82. The number of benzene rings is 1. The zero-order chi connectivity index (χ0) is 19.2. The third-order valence-electron chi connectivity index (χ3n) is 5.24. The molecule has 142 valence electrons. The molecule has 4 rings (SSSR count). The average molecular weight is 386 g/mol. The van der Waals surface area contributed by atoms with Gasteiger partial charge in [-0.05, 0) is 49.4 Å². The maximum atomic E-state index is 12.6. The number of nitrogens with zero attached hydrogens (tertiary/aromatic N) is 2. The summed E-state index contributed by atoms with van der Waals surface area (Å²) in [6, 6.07) is 8.79. The summed E-state index contributed by atoms with van der Waals surface area (Å²) >= 11 is 0. The standard InChI is InChI=1S/C19H22N4O3S/c1-11-6-15(27(25,26)23-14-7-12(8-14)10-24)3-4-16(11)17-5-2-13-9-21-19(20)18(13)22-17/h2-6,12,14,23-24H,7-10H2,1H3,(H2,20,21). The molecule has 0 unspecified atom stereocenters. The Morgan fingerprint density at radius 2 is 2.04 bits per heavy atom. The Hall–Kier alpha value is -2.29. The second-order valence-electron chi connectivity index (χ2n) is 7.22. The van der Waals surface area contributed by atoms with E-state index in [1.165, 1.54) is 0 Å². The van der Waals surface area contributed by atoms with Gasteiger partial charge in [0, 0.05) is 23.8 Å². The molecule has 1 aliphatic carbocycles. The maximum absolute atomic E-state index is 12.6. The minimum absolute atomic E-state index is 0.104. The highest BCUT2D eigenvalue weighted by molar-refractivity contribution is 7.89. The number of nitrogens with two attached hydrogens (primary N) is 1. The molecular formula is C19H22N4O3S. The van der Waals surface area contributed by atoms with Crippen LogP contribution in [0.3, 0.4) is 0 Å². The first-order chi connectivity index (χ1) is 12.9. The second-order valence-corrected chi connectivity index (χ2v) is 8.93. The Labute approximate surface area is 158 Å². The molecule has 2 heterocycles. The van der Waals surface area contributed by atoms with Crippen LogP contribution in [0.15, 0.2) is 40.2 Å². The lowest BCUT2D eigenvalue weighted by Gasteiger charge is -2.34. The van der Waals surface area contributed by atoms with E-state index >= 15 is 0 Å². The van der Waals surface area contributed by atoms with Gasteiger partial charge in [-0.2, -0.15) is 0 Å². The molecule has 2 aromatic rings. The number of sulfonamides is 1. The number of nitrogens with one attached hydrogen (secondary N) is 1. The summed E-state index contributed by atoms with van der Waals surface area (Å²) < 4.78 is 27.9. The van der Waals surface area contributed by atoms with E-state index in [1.54, 1.807) is 18.2 Å².